The number of hydrogen-bond acceptors (Lipinski definition) is 3. The van der Waals surface area contributed by atoms with Gasteiger partial charge in [-0.2, -0.15) is 0 Å². The molecule has 106 valence electrons. The van der Waals surface area contributed by atoms with Crippen LogP contribution in [0.2, 0.25) is 0 Å². The lowest BCUT2D eigenvalue weighted by atomic mass is 10.2. The average molecular weight is 262 g/mol. The molecule has 1 aromatic carbocycles. The highest BCUT2D eigenvalue weighted by molar-refractivity contribution is 5.27. The van der Waals surface area contributed by atoms with Crippen LogP contribution in [0, 0.1) is 0 Å². The van der Waals surface area contributed by atoms with Crippen molar-refractivity contribution in [1.82, 2.24) is 10.6 Å². The van der Waals surface area contributed by atoms with E-state index in [1.807, 2.05) is 0 Å². The first kappa shape index (κ1) is 14.4. The van der Waals surface area contributed by atoms with Gasteiger partial charge in [-0.05, 0) is 37.0 Å². The molecule has 3 heteroatoms. The van der Waals surface area contributed by atoms with E-state index in [1.54, 1.807) is 0 Å². The molecule has 0 amide bonds. The summed E-state index contributed by atoms with van der Waals surface area (Å²) in [7, 11) is 0. The van der Waals surface area contributed by atoms with Crippen molar-refractivity contribution in [3.8, 4) is 5.75 Å². The van der Waals surface area contributed by atoms with E-state index in [2.05, 4.69) is 41.8 Å². The Morgan fingerprint density at radius 2 is 1.95 bits per heavy atom. The van der Waals surface area contributed by atoms with E-state index in [0.717, 1.165) is 44.5 Å². The molecule has 0 aliphatic heterocycles. The van der Waals surface area contributed by atoms with Gasteiger partial charge in [0.15, 0.2) is 0 Å². The molecule has 0 spiro atoms. The summed E-state index contributed by atoms with van der Waals surface area (Å²) in [6.45, 7) is 6.03. The van der Waals surface area contributed by atoms with Gasteiger partial charge in [0.1, 0.15) is 5.75 Å². The molecule has 0 bridgehead atoms. The molecule has 1 aromatic rings. The molecule has 0 atom stereocenters. The van der Waals surface area contributed by atoms with Crippen LogP contribution in [-0.4, -0.2) is 25.7 Å². The van der Waals surface area contributed by atoms with Crippen LogP contribution >= 0.6 is 0 Å². The Morgan fingerprint density at radius 1 is 1.16 bits per heavy atom. The summed E-state index contributed by atoms with van der Waals surface area (Å²) in [5.41, 5.74) is 1.31. The minimum atomic E-state index is 0.807. The van der Waals surface area contributed by atoms with Crippen molar-refractivity contribution in [1.29, 1.82) is 0 Å². The summed E-state index contributed by atoms with van der Waals surface area (Å²) in [5.74, 6) is 0.979. The minimum Gasteiger partial charge on any atom is -0.494 e. The van der Waals surface area contributed by atoms with E-state index < -0.39 is 0 Å². The third-order valence-electron chi connectivity index (χ3n) is 3.33. The van der Waals surface area contributed by atoms with E-state index in [1.165, 1.54) is 24.8 Å². The molecule has 0 unspecified atom stereocenters. The zero-order chi connectivity index (χ0) is 13.3. The maximum Gasteiger partial charge on any atom is 0.119 e. The maximum atomic E-state index is 5.65. The lowest BCUT2D eigenvalue weighted by molar-refractivity contribution is 0.309. The van der Waals surface area contributed by atoms with E-state index >= 15 is 0 Å². The van der Waals surface area contributed by atoms with E-state index in [4.69, 9.17) is 4.74 Å². The molecular formula is C16H26N2O. The van der Waals surface area contributed by atoms with Crippen LogP contribution in [0.3, 0.4) is 0 Å². The smallest absolute Gasteiger partial charge is 0.119 e. The molecular weight excluding hydrogens is 236 g/mol. The predicted octanol–water partition coefficient (Wildman–Crippen LogP) is 2.71. The van der Waals surface area contributed by atoms with Gasteiger partial charge in [0.25, 0.3) is 0 Å². The number of unbranched alkanes of at least 4 members (excludes halogenated alkanes) is 1. The Labute approximate surface area is 116 Å². The number of hydrogen-bond donors (Lipinski definition) is 2. The highest BCUT2D eigenvalue weighted by atomic mass is 16.5. The summed E-state index contributed by atoms with van der Waals surface area (Å²) in [6.07, 6.45) is 5.02. The lowest BCUT2D eigenvalue weighted by Gasteiger charge is -2.08. The Bertz CT molecular complexity index is 346. The SMILES string of the molecule is CCCCOc1ccc(CNCCNC2CC2)cc1. The van der Waals surface area contributed by atoms with Crippen LogP contribution < -0.4 is 15.4 Å². The molecule has 1 saturated carbocycles. The van der Waals surface area contributed by atoms with Gasteiger partial charge in [0.2, 0.25) is 0 Å². The topological polar surface area (TPSA) is 33.3 Å². The van der Waals surface area contributed by atoms with Crippen LogP contribution in [0.15, 0.2) is 24.3 Å². The highest BCUT2D eigenvalue weighted by Gasteiger charge is 2.19. The van der Waals surface area contributed by atoms with Crippen molar-refractivity contribution in [2.75, 3.05) is 19.7 Å². The third-order valence-corrected chi connectivity index (χ3v) is 3.33. The van der Waals surface area contributed by atoms with Crippen LogP contribution in [0.4, 0.5) is 0 Å². The van der Waals surface area contributed by atoms with Crippen molar-refractivity contribution in [2.45, 2.75) is 45.2 Å². The van der Waals surface area contributed by atoms with Gasteiger partial charge in [-0.15, -0.1) is 0 Å². The first-order valence-corrected chi connectivity index (χ1v) is 7.54. The van der Waals surface area contributed by atoms with E-state index in [9.17, 15) is 0 Å². The van der Waals surface area contributed by atoms with Crippen molar-refractivity contribution in [2.24, 2.45) is 0 Å². The van der Waals surface area contributed by atoms with Crippen molar-refractivity contribution in [3.63, 3.8) is 0 Å². The zero-order valence-electron chi connectivity index (χ0n) is 12.0. The van der Waals surface area contributed by atoms with Crippen LogP contribution in [0.1, 0.15) is 38.2 Å². The second-order valence-electron chi connectivity index (χ2n) is 5.25. The molecule has 19 heavy (non-hydrogen) atoms. The number of ether oxygens (including phenoxy) is 1. The zero-order valence-corrected chi connectivity index (χ0v) is 12.0. The summed E-state index contributed by atoms with van der Waals surface area (Å²) in [5, 5.41) is 6.95. The quantitative estimate of drug-likeness (QED) is 0.636. The molecule has 0 aromatic heterocycles. The van der Waals surface area contributed by atoms with Gasteiger partial charge in [0.05, 0.1) is 6.61 Å². The number of rotatable bonds is 10. The molecule has 2 rings (SSSR count). The first-order valence-electron chi connectivity index (χ1n) is 7.54. The lowest BCUT2D eigenvalue weighted by Crippen LogP contribution is -2.28. The fourth-order valence-electron chi connectivity index (χ4n) is 1.92. The molecule has 1 fully saturated rings. The summed E-state index contributed by atoms with van der Waals surface area (Å²) in [4.78, 5) is 0. The Kier molecular flexibility index (Phi) is 6.18. The Morgan fingerprint density at radius 3 is 2.63 bits per heavy atom. The third kappa shape index (κ3) is 6.08. The van der Waals surface area contributed by atoms with Crippen molar-refractivity contribution < 1.29 is 4.74 Å². The number of benzene rings is 1. The van der Waals surface area contributed by atoms with Crippen LogP contribution in [0.5, 0.6) is 5.75 Å². The Hall–Kier alpha value is -1.06. The molecule has 0 saturated heterocycles. The highest BCUT2D eigenvalue weighted by Crippen LogP contribution is 2.17. The second-order valence-corrected chi connectivity index (χ2v) is 5.25. The first-order chi connectivity index (χ1) is 9.38. The monoisotopic (exact) mass is 262 g/mol. The van der Waals surface area contributed by atoms with Gasteiger partial charge >= 0.3 is 0 Å². The van der Waals surface area contributed by atoms with E-state index in [-0.39, 0.29) is 0 Å². The fraction of sp³-hybridized carbons (Fsp3) is 0.625. The Balaban J connectivity index is 1.57. The van der Waals surface area contributed by atoms with E-state index in [0.29, 0.717) is 0 Å². The molecule has 1 aliphatic carbocycles. The molecule has 1 aliphatic rings. The average Bonchev–Trinajstić information content (AvgIpc) is 3.25. The van der Waals surface area contributed by atoms with Gasteiger partial charge in [-0.1, -0.05) is 25.5 Å². The van der Waals surface area contributed by atoms with Gasteiger partial charge in [-0.3, -0.25) is 0 Å². The van der Waals surface area contributed by atoms with Gasteiger partial charge in [0, 0.05) is 25.7 Å². The second kappa shape index (κ2) is 8.18. The molecule has 0 heterocycles. The molecule has 2 N–H and O–H groups in total. The summed E-state index contributed by atoms with van der Waals surface area (Å²) < 4.78 is 5.65. The van der Waals surface area contributed by atoms with Crippen molar-refractivity contribution >= 4 is 0 Å². The van der Waals surface area contributed by atoms with Gasteiger partial charge < -0.3 is 15.4 Å². The normalized spacial score (nSPS) is 14.6. The molecule has 3 nitrogen and oxygen atoms in total. The minimum absolute atomic E-state index is 0.807. The number of nitrogens with one attached hydrogen (secondary N) is 2. The summed E-state index contributed by atoms with van der Waals surface area (Å²) in [6, 6.07) is 9.22. The summed E-state index contributed by atoms with van der Waals surface area (Å²) >= 11 is 0. The van der Waals surface area contributed by atoms with Crippen molar-refractivity contribution in [3.05, 3.63) is 29.8 Å². The maximum absolute atomic E-state index is 5.65. The largest absolute Gasteiger partial charge is 0.494 e. The van der Waals surface area contributed by atoms with Gasteiger partial charge in [-0.25, -0.2) is 0 Å². The van der Waals surface area contributed by atoms with Crippen LogP contribution in [-0.2, 0) is 6.54 Å². The predicted molar refractivity (Wildman–Crippen MR) is 79.6 cm³/mol. The molecule has 0 radical (unpaired) electrons. The standard InChI is InChI=1S/C16H26N2O/c1-2-3-12-19-16-8-4-14(5-9-16)13-17-10-11-18-15-6-7-15/h4-5,8-9,15,17-18H,2-3,6-7,10-13H2,1H3. The fourth-order valence-corrected chi connectivity index (χ4v) is 1.92. The van der Waals surface area contributed by atoms with Crippen LogP contribution in [0.25, 0.3) is 0 Å².